The molecule has 0 amide bonds. The molecule has 124 valence electrons. The zero-order chi connectivity index (χ0) is 16.1. The number of rotatable bonds is 6. The van der Waals surface area contributed by atoms with Crippen LogP contribution in [0.1, 0.15) is 51.1 Å². The van der Waals surface area contributed by atoms with Crippen molar-refractivity contribution in [3.8, 4) is 5.75 Å². The molecule has 0 radical (unpaired) electrons. The summed E-state index contributed by atoms with van der Waals surface area (Å²) in [7, 11) is 0.701. The highest BCUT2D eigenvalue weighted by Crippen LogP contribution is 2.27. The van der Waals surface area contributed by atoms with Gasteiger partial charge in [0.1, 0.15) is 0 Å². The lowest BCUT2D eigenvalue weighted by atomic mass is 9.93. The van der Waals surface area contributed by atoms with Crippen molar-refractivity contribution in [1.29, 1.82) is 0 Å². The smallest absolute Gasteiger partial charge is 0.165 e. The van der Waals surface area contributed by atoms with E-state index in [1.807, 2.05) is 6.92 Å². The van der Waals surface area contributed by atoms with Crippen molar-refractivity contribution < 1.29 is 13.3 Å². The minimum Gasteiger partial charge on any atom is -0.494 e. The Balaban J connectivity index is 2.09. The van der Waals surface area contributed by atoms with Gasteiger partial charge in [0.2, 0.25) is 0 Å². The van der Waals surface area contributed by atoms with Gasteiger partial charge in [-0.3, -0.25) is 4.21 Å². The fourth-order valence-electron chi connectivity index (χ4n) is 3.18. The first-order chi connectivity index (χ1) is 10.6. The molecule has 22 heavy (non-hydrogen) atoms. The summed E-state index contributed by atoms with van der Waals surface area (Å²) in [6.07, 6.45) is 4.42. The second kappa shape index (κ2) is 8.06. The summed E-state index contributed by atoms with van der Waals surface area (Å²) in [5.74, 6) is 0.631. The summed E-state index contributed by atoms with van der Waals surface area (Å²) in [5.41, 5.74) is 0.991. The van der Waals surface area contributed by atoms with Crippen LogP contribution in [-0.2, 0) is 10.8 Å². The molecule has 0 spiro atoms. The third-order valence-electron chi connectivity index (χ3n) is 4.46. The van der Waals surface area contributed by atoms with Gasteiger partial charge >= 0.3 is 0 Å². The normalized spacial score (nSPS) is 24.7. The lowest BCUT2D eigenvalue weighted by molar-refractivity contribution is 0.349. The van der Waals surface area contributed by atoms with Crippen LogP contribution in [0, 0.1) is 5.82 Å². The zero-order valence-electron chi connectivity index (χ0n) is 13.6. The van der Waals surface area contributed by atoms with Crippen molar-refractivity contribution >= 4 is 10.8 Å². The number of benzene rings is 1. The largest absolute Gasteiger partial charge is 0.494 e. The Morgan fingerprint density at radius 2 is 2.14 bits per heavy atom. The fraction of sp³-hybridized carbons (Fsp3) is 0.647. The molecule has 4 atom stereocenters. The maximum absolute atomic E-state index is 13.5. The number of methoxy groups -OCH3 is 1. The first-order valence-corrected chi connectivity index (χ1v) is 9.41. The Hall–Kier alpha value is -0.940. The second-order valence-electron chi connectivity index (χ2n) is 5.88. The summed E-state index contributed by atoms with van der Waals surface area (Å²) in [6.45, 7) is 4.04. The molecule has 1 saturated carbocycles. The van der Waals surface area contributed by atoms with Crippen LogP contribution in [0.4, 0.5) is 4.39 Å². The van der Waals surface area contributed by atoms with Gasteiger partial charge in [-0.25, -0.2) is 4.39 Å². The molecular weight excluding hydrogens is 301 g/mol. The van der Waals surface area contributed by atoms with Crippen LogP contribution in [0.25, 0.3) is 0 Å². The van der Waals surface area contributed by atoms with Gasteiger partial charge in [0.15, 0.2) is 11.6 Å². The molecule has 4 unspecified atom stereocenters. The van der Waals surface area contributed by atoms with E-state index < -0.39 is 10.8 Å². The summed E-state index contributed by atoms with van der Waals surface area (Å²) < 4.78 is 30.8. The lowest BCUT2D eigenvalue weighted by Crippen LogP contribution is -2.45. The molecule has 1 aromatic rings. The van der Waals surface area contributed by atoms with E-state index in [0.29, 0.717) is 5.75 Å². The van der Waals surface area contributed by atoms with E-state index in [9.17, 15) is 8.60 Å². The Bertz CT molecular complexity index is 523. The SMILES string of the molecule is CCS(=O)C1CCCCC1NC(C)c1ccc(F)c(OC)c1. The van der Waals surface area contributed by atoms with E-state index in [0.717, 1.165) is 24.8 Å². The van der Waals surface area contributed by atoms with Gasteiger partial charge < -0.3 is 10.1 Å². The molecule has 3 nitrogen and oxygen atoms in total. The monoisotopic (exact) mass is 327 g/mol. The van der Waals surface area contributed by atoms with E-state index in [-0.39, 0.29) is 28.9 Å². The molecule has 1 aliphatic carbocycles. The maximum Gasteiger partial charge on any atom is 0.165 e. The average Bonchev–Trinajstić information content (AvgIpc) is 2.55. The summed E-state index contributed by atoms with van der Waals surface area (Å²) in [6, 6.07) is 5.30. The van der Waals surface area contributed by atoms with Crippen molar-refractivity contribution in [3.05, 3.63) is 29.6 Å². The molecule has 0 saturated heterocycles. The Kier molecular flexibility index (Phi) is 6.38. The quantitative estimate of drug-likeness (QED) is 0.868. The van der Waals surface area contributed by atoms with Crippen LogP contribution in [0.15, 0.2) is 18.2 Å². The zero-order valence-corrected chi connectivity index (χ0v) is 14.4. The van der Waals surface area contributed by atoms with Gasteiger partial charge in [-0.05, 0) is 37.5 Å². The molecule has 1 aromatic carbocycles. The minimum absolute atomic E-state index is 0.0777. The molecule has 2 rings (SSSR count). The first-order valence-electron chi connectivity index (χ1n) is 8.03. The number of nitrogens with one attached hydrogen (secondary N) is 1. The molecule has 5 heteroatoms. The molecule has 0 heterocycles. The number of ether oxygens (including phenoxy) is 1. The summed E-state index contributed by atoms with van der Waals surface area (Å²) in [4.78, 5) is 0. The van der Waals surface area contributed by atoms with Crippen LogP contribution < -0.4 is 10.1 Å². The van der Waals surface area contributed by atoms with Gasteiger partial charge in [0.25, 0.3) is 0 Å². The molecular formula is C17H26FNO2S. The first kappa shape index (κ1) is 17.4. The molecule has 0 aromatic heterocycles. The molecule has 0 aliphatic heterocycles. The highest BCUT2D eigenvalue weighted by Gasteiger charge is 2.30. The average molecular weight is 327 g/mol. The lowest BCUT2D eigenvalue weighted by Gasteiger charge is -2.34. The van der Waals surface area contributed by atoms with Crippen LogP contribution in [-0.4, -0.2) is 28.4 Å². The fourth-order valence-corrected chi connectivity index (χ4v) is 4.62. The van der Waals surface area contributed by atoms with E-state index in [2.05, 4.69) is 12.2 Å². The van der Waals surface area contributed by atoms with Crippen LogP contribution in [0.3, 0.4) is 0 Å². The Morgan fingerprint density at radius 3 is 2.82 bits per heavy atom. The van der Waals surface area contributed by atoms with Gasteiger partial charge in [-0.15, -0.1) is 0 Å². The van der Waals surface area contributed by atoms with Crippen LogP contribution in [0.2, 0.25) is 0 Å². The number of hydrogen-bond acceptors (Lipinski definition) is 3. The van der Waals surface area contributed by atoms with Crippen molar-refractivity contribution in [2.75, 3.05) is 12.9 Å². The summed E-state index contributed by atoms with van der Waals surface area (Å²) >= 11 is 0. The highest BCUT2D eigenvalue weighted by molar-refractivity contribution is 7.85. The second-order valence-corrected chi connectivity index (χ2v) is 7.83. The Morgan fingerprint density at radius 1 is 1.41 bits per heavy atom. The number of hydrogen-bond donors (Lipinski definition) is 1. The van der Waals surface area contributed by atoms with Crippen LogP contribution >= 0.6 is 0 Å². The standard InChI is InChI=1S/C17H26FNO2S/c1-4-22(20)17-8-6-5-7-15(17)19-12(2)13-9-10-14(18)16(11-13)21-3/h9-12,15,17,19H,4-8H2,1-3H3. The maximum atomic E-state index is 13.5. The predicted molar refractivity (Wildman–Crippen MR) is 89.2 cm³/mol. The molecule has 0 bridgehead atoms. The van der Waals surface area contributed by atoms with Crippen LogP contribution in [0.5, 0.6) is 5.75 Å². The van der Waals surface area contributed by atoms with Gasteiger partial charge in [-0.2, -0.15) is 0 Å². The highest BCUT2D eigenvalue weighted by atomic mass is 32.2. The third kappa shape index (κ3) is 4.07. The third-order valence-corrected chi connectivity index (χ3v) is 6.27. The van der Waals surface area contributed by atoms with E-state index in [1.54, 1.807) is 12.1 Å². The topological polar surface area (TPSA) is 38.3 Å². The van der Waals surface area contributed by atoms with Crippen molar-refractivity contribution in [2.45, 2.75) is 56.9 Å². The van der Waals surface area contributed by atoms with Crippen molar-refractivity contribution in [3.63, 3.8) is 0 Å². The van der Waals surface area contributed by atoms with Gasteiger partial charge in [0.05, 0.1) is 12.4 Å². The Labute approximate surface area is 135 Å². The van der Waals surface area contributed by atoms with E-state index in [4.69, 9.17) is 4.74 Å². The summed E-state index contributed by atoms with van der Waals surface area (Å²) in [5, 5.41) is 3.83. The molecule has 1 fully saturated rings. The minimum atomic E-state index is -0.773. The molecule has 1 aliphatic rings. The number of halogens is 1. The van der Waals surface area contributed by atoms with Crippen molar-refractivity contribution in [1.82, 2.24) is 5.32 Å². The van der Waals surface area contributed by atoms with Crippen molar-refractivity contribution in [2.24, 2.45) is 0 Å². The van der Waals surface area contributed by atoms with E-state index >= 15 is 0 Å². The van der Waals surface area contributed by atoms with Gasteiger partial charge in [0, 0.05) is 28.6 Å². The predicted octanol–water partition coefficient (Wildman–Crippen LogP) is 3.56. The van der Waals surface area contributed by atoms with E-state index in [1.165, 1.54) is 19.6 Å². The molecule has 1 N–H and O–H groups in total. The van der Waals surface area contributed by atoms with Gasteiger partial charge in [-0.1, -0.05) is 25.8 Å².